The van der Waals surface area contributed by atoms with E-state index in [0.717, 1.165) is 24.6 Å². The van der Waals surface area contributed by atoms with Gasteiger partial charge >= 0.3 is 14.5 Å². The van der Waals surface area contributed by atoms with Gasteiger partial charge in [0, 0.05) is 25.4 Å². The number of thiazole rings is 2. The Morgan fingerprint density at radius 1 is 0.700 bits per heavy atom. The fourth-order valence-corrected chi connectivity index (χ4v) is 6.36. The van der Waals surface area contributed by atoms with Gasteiger partial charge < -0.3 is 34.5 Å². The fourth-order valence-electron chi connectivity index (χ4n) is 2.02. The summed E-state index contributed by atoms with van der Waals surface area (Å²) in [4.78, 5) is 0. The van der Waals surface area contributed by atoms with Crippen LogP contribution in [-0.4, -0.2) is 26.0 Å². The molecule has 0 aliphatic carbocycles. The third-order valence-electron chi connectivity index (χ3n) is 3.04. The molecule has 0 radical (unpaired) electrons. The van der Waals surface area contributed by atoms with E-state index in [9.17, 15) is 34.5 Å². The van der Waals surface area contributed by atoms with Gasteiger partial charge in [-0.25, -0.2) is 0 Å². The van der Waals surface area contributed by atoms with Gasteiger partial charge in [0.25, 0.3) is 8.68 Å². The van der Waals surface area contributed by atoms with Crippen molar-refractivity contribution in [1.29, 1.82) is 0 Å². The first-order valence-electron chi connectivity index (χ1n) is 8.63. The van der Waals surface area contributed by atoms with E-state index in [0.29, 0.717) is 0 Å². The van der Waals surface area contributed by atoms with E-state index in [-0.39, 0.29) is 0 Å². The second kappa shape index (κ2) is 13.8. The molecule has 174 valence electrons. The second-order valence-corrected chi connectivity index (χ2v) is 10.2. The maximum atomic E-state index is 9.75. The van der Waals surface area contributed by atoms with Crippen LogP contribution in [0, 0.1) is 13.8 Å². The smallest absolute Gasteiger partial charge is 0.418 e. The predicted octanol–water partition coefficient (Wildman–Crippen LogP) is 6.53. The van der Waals surface area contributed by atoms with Crippen LogP contribution < -0.4 is 9.13 Å². The Morgan fingerprint density at radius 3 is 1.20 bits per heavy atom. The molecule has 0 saturated carbocycles. The van der Waals surface area contributed by atoms with Crippen molar-refractivity contribution in [2.45, 2.75) is 49.5 Å². The summed E-state index contributed by atoms with van der Waals surface area (Å²) in [6.07, 6.45) is 0. The molecule has 0 aromatic carbocycles. The predicted molar refractivity (Wildman–Crippen MR) is 112 cm³/mol. The Bertz CT molecular complexity index is 675. The number of rotatable bonds is 7. The number of hydrogen-bond acceptors (Lipinski definition) is 4. The zero-order valence-electron chi connectivity index (χ0n) is 16.7. The van der Waals surface area contributed by atoms with Gasteiger partial charge in [0.05, 0.1) is 10.8 Å². The first-order chi connectivity index (χ1) is 13.7. The highest BCUT2D eigenvalue weighted by molar-refractivity contribution is 8.01. The number of halogens is 8. The lowest BCUT2D eigenvalue weighted by atomic mass is 10.3. The molecule has 0 aliphatic rings. The summed E-state index contributed by atoms with van der Waals surface area (Å²) in [5, 5.41) is 4.54. The molecule has 2 rings (SSSR count). The lowest BCUT2D eigenvalue weighted by Crippen LogP contribution is -2.47. The molecule has 0 aliphatic heterocycles. The highest BCUT2D eigenvalue weighted by Gasteiger charge is 2.23. The van der Waals surface area contributed by atoms with Gasteiger partial charge in [0.2, 0.25) is 13.1 Å². The van der Waals surface area contributed by atoms with Crippen molar-refractivity contribution < 1.29 is 43.7 Å². The third-order valence-corrected chi connectivity index (χ3v) is 7.59. The average Bonchev–Trinajstić information content (AvgIpc) is 3.07. The van der Waals surface area contributed by atoms with E-state index in [4.69, 9.17) is 0 Å². The Labute approximate surface area is 187 Å². The summed E-state index contributed by atoms with van der Waals surface area (Å²) < 4.78 is 85.8. The number of nitrogens with zero attached hydrogens (tertiary/aromatic N) is 2. The number of thioether (sulfide) groups is 2. The van der Waals surface area contributed by atoms with E-state index in [1.165, 1.54) is 20.1 Å². The Balaban J connectivity index is 0.000000702. The van der Waals surface area contributed by atoms with Crippen molar-refractivity contribution in [1.82, 2.24) is 0 Å². The molecule has 2 heterocycles. The molecule has 0 bridgehead atoms. The molecule has 2 aromatic rings. The van der Waals surface area contributed by atoms with Crippen LogP contribution in [0.15, 0.2) is 19.4 Å². The molecule has 0 fully saturated rings. The van der Waals surface area contributed by atoms with Crippen molar-refractivity contribution in [2.24, 2.45) is 0 Å². The summed E-state index contributed by atoms with van der Waals surface area (Å²) in [7, 11) is -12.0. The molecule has 2 nitrogen and oxygen atoms in total. The molecule has 2 aromatic heterocycles. The highest BCUT2D eigenvalue weighted by Crippen LogP contribution is 2.22. The van der Waals surface area contributed by atoms with Gasteiger partial charge in [0.15, 0.2) is 11.4 Å². The molecular formula is C14H22B2F8N2S4. The third kappa shape index (κ3) is 14.5. The van der Waals surface area contributed by atoms with E-state index in [1.807, 2.05) is 46.2 Å². The van der Waals surface area contributed by atoms with Crippen LogP contribution in [0.4, 0.5) is 34.5 Å². The van der Waals surface area contributed by atoms with E-state index < -0.39 is 14.5 Å². The van der Waals surface area contributed by atoms with Crippen LogP contribution in [0.2, 0.25) is 0 Å². The molecule has 0 N–H and O–H groups in total. The lowest BCUT2D eigenvalue weighted by molar-refractivity contribution is -0.810. The molecule has 0 spiro atoms. The molecule has 16 heteroatoms. The van der Waals surface area contributed by atoms with Crippen LogP contribution in [-0.2, 0) is 13.1 Å². The summed E-state index contributed by atoms with van der Waals surface area (Å²) in [6.45, 7) is 11.0. The average molecular weight is 520 g/mol. The van der Waals surface area contributed by atoms with Crippen LogP contribution in [0.5, 0.6) is 0 Å². The maximum absolute atomic E-state index is 9.75. The van der Waals surface area contributed by atoms with Gasteiger partial charge in [-0.05, 0) is 23.5 Å². The van der Waals surface area contributed by atoms with Crippen molar-refractivity contribution in [3.8, 4) is 0 Å². The normalized spacial score (nSPS) is 11.5. The summed E-state index contributed by atoms with van der Waals surface area (Å²) >= 11 is 7.64. The van der Waals surface area contributed by atoms with E-state index in [1.54, 1.807) is 0 Å². The highest BCUT2D eigenvalue weighted by atomic mass is 32.2. The quantitative estimate of drug-likeness (QED) is 0.178. The second-order valence-electron chi connectivity index (χ2n) is 5.45. The Kier molecular flexibility index (Phi) is 13.6. The maximum Gasteiger partial charge on any atom is 0.673 e. The van der Waals surface area contributed by atoms with Crippen LogP contribution >= 0.6 is 46.2 Å². The number of aryl methyl sites for hydroxylation is 2. The van der Waals surface area contributed by atoms with Gasteiger partial charge in [-0.15, -0.1) is 0 Å². The standard InChI is InChI=1S/C14H22N2S4.2BF4/c1-5-17-13-15(11(3)9-19-13)7-8-16-12(4)10-20-14(16)18-6-2;2*2-1(3,4)5/h9-10H,5-8H2,1-4H3;;/q+2;2*-1. The van der Waals surface area contributed by atoms with Gasteiger partial charge in [-0.2, -0.15) is 9.13 Å². The zero-order valence-corrected chi connectivity index (χ0v) is 20.0. The van der Waals surface area contributed by atoms with Crippen molar-refractivity contribution in [2.75, 3.05) is 11.5 Å². The number of hydrogen-bond donors (Lipinski definition) is 0. The lowest BCUT2D eigenvalue weighted by Gasteiger charge is -1.99. The van der Waals surface area contributed by atoms with E-state index >= 15 is 0 Å². The monoisotopic (exact) mass is 520 g/mol. The van der Waals surface area contributed by atoms with Crippen molar-refractivity contribution >= 4 is 60.7 Å². The minimum Gasteiger partial charge on any atom is -0.418 e. The SMILES string of the molecule is CCSc1scc(C)[n+]1CC[n+]1c(C)csc1SCC.F[B-](F)(F)F.F[B-](F)(F)F. The Morgan fingerprint density at radius 2 is 0.967 bits per heavy atom. The molecule has 0 atom stereocenters. The topological polar surface area (TPSA) is 7.76 Å². The number of aromatic nitrogens is 2. The largest absolute Gasteiger partial charge is 0.673 e. The minimum atomic E-state index is -6.00. The van der Waals surface area contributed by atoms with Crippen LogP contribution in [0.3, 0.4) is 0 Å². The van der Waals surface area contributed by atoms with Gasteiger partial charge in [-0.3, -0.25) is 0 Å². The zero-order chi connectivity index (χ0) is 23.5. The molecule has 30 heavy (non-hydrogen) atoms. The van der Waals surface area contributed by atoms with Gasteiger partial charge in [0.1, 0.15) is 0 Å². The molecule has 0 unspecified atom stereocenters. The first kappa shape index (κ1) is 29.5. The van der Waals surface area contributed by atoms with Crippen molar-refractivity contribution in [3.63, 3.8) is 0 Å². The summed E-state index contributed by atoms with van der Waals surface area (Å²) in [6, 6.07) is 0. The first-order valence-corrected chi connectivity index (χ1v) is 12.4. The fraction of sp³-hybridized carbons (Fsp3) is 0.571. The Hall–Kier alpha value is -0.470. The van der Waals surface area contributed by atoms with E-state index in [2.05, 4.69) is 47.6 Å². The summed E-state index contributed by atoms with van der Waals surface area (Å²) in [5.41, 5.74) is 2.76. The summed E-state index contributed by atoms with van der Waals surface area (Å²) in [5.74, 6) is 2.28. The van der Waals surface area contributed by atoms with Gasteiger partial charge in [-0.1, -0.05) is 36.5 Å². The minimum absolute atomic E-state index is 1.07. The molecule has 0 saturated heterocycles. The van der Waals surface area contributed by atoms with Crippen molar-refractivity contribution in [3.05, 3.63) is 22.1 Å². The molecular weight excluding hydrogens is 498 g/mol. The van der Waals surface area contributed by atoms with Crippen LogP contribution in [0.25, 0.3) is 0 Å². The molecule has 0 amide bonds. The van der Waals surface area contributed by atoms with Crippen LogP contribution in [0.1, 0.15) is 25.2 Å².